The number of amides is 1. The number of nitrogens with zero attached hydrogens (tertiary/aromatic N) is 1. The van der Waals surface area contributed by atoms with Crippen molar-refractivity contribution in [1.29, 1.82) is 0 Å². The van der Waals surface area contributed by atoms with Gasteiger partial charge >= 0.3 is 0 Å². The third-order valence-electron chi connectivity index (χ3n) is 2.76. The average Bonchev–Trinajstić information content (AvgIpc) is 2.48. The summed E-state index contributed by atoms with van der Waals surface area (Å²) in [6.45, 7) is 0. The van der Waals surface area contributed by atoms with Gasteiger partial charge in [0.2, 0.25) is 0 Å². The molecule has 0 radical (unpaired) electrons. The number of carbonyl (C=O) groups is 1. The molecule has 1 N–H and O–H groups in total. The second kappa shape index (κ2) is 6.00. The SMILES string of the molecule is COc1ccc(NC(=O)c2ccc(F)cc2)c([N+](=O)[O-])c1. The maximum Gasteiger partial charge on any atom is 0.296 e. The molecule has 2 rings (SSSR count). The first-order valence-electron chi connectivity index (χ1n) is 5.90. The molecule has 0 aliphatic rings. The topological polar surface area (TPSA) is 81.5 Å². The Labute approximate surface area is 119 Å². The molecule has 0 aliphatic carbocycles. The summed E-state index contributed by atoms with van der Waals surface area (Å²) in [6.07, 6.45) is 0. The molecule has 6 nitrogen and oxygen atoms in total. The van der Waals surface area contributed by atoms with Crippen LogP contribution >= 0.6 is 0 Å². The highest BCUT2D eigenvalue weighted by molar-refractivity contribution is 6.05. The summed E-state index contributed by atoms with van der Waals surface area (Å²) in [6, 6.07) is 8.93. The largest absolute Gasteiger partial charge is 0.496 e. The molecule has 0 fully saturated rings. The Bertz CT molecular complexity index is 686. The number of hydrogen-bond donors (Lipinski definition) is 1. The van der Waals surface area contributed by atoms with Crippen LogP contribution in [0.1, 0.15) is 10.4 Å². The zero-order valence-electron chi connectivity index (χ0n) is 11.0. The van der Waals surface area contributed by atoms with Crippen molar-refractivity contribution < 1.29 is 18.8 Å². The highest BCUT2D eigenvalue weighted by Gasteiger charge is 2.17. The number of ether oxygens (including phenoxy) is 1. The van der Waals surface area contributed by atoms with Gasteiger partial charge in [-0.3, -0.25) is 14.9 Å². The van der Waals surface area contributed by atoms with Crippen molar-refractivity contribution in [2.45, 2.75) is 0 Å². The minimum Gasteiger partial charge on any atom is -0.496 e. The first-order chi connectivity index (χ1) is 10.0. The lowest BCUT2D eigenvalue weighted by molar-refractivity contribution is -0.384. The maximum absolute atomic E-state index is 12.8. The van der Waals surface area contributed by atoms with Crippen LogP contribution in [-0.2, 0) is 0 Å². The number of hydrogen-bond acceptors (Lipinski definition) is 4. The van der Waals surface area contributed by atoms with Crippen molar-refractivity contribution in [2.75, 3.05) is 12.4 Å². The standard InChI is InChI=1S/C14H11FN2O4/c1-21-11-6-7-12(13(8-11)17(19)20)16-14(18)9-2-4-10(15)5-3-9/h2-8H,1H3,(H,16,18). The minimum absolute atomic E-state index is 0.0372. The second-order valence-electron chi connectivity index (χ2n) is 4.10. The maximum atomic E-state index is 12.8. The normalized spacial score (nSPS) is 10.0. The van der Waals surface area contributed by atoms with Crippen LogP contribution in [0.25, 0.3) is 0 Å². The van der Waals surface area contributed by atoms with Gasteiger partial charge in [0, 0.05) is 5.56 Å². The molecular weight excluding hydrogens is 279 g/mol. The molecule has 1 amide bonds. The second-order valence-corrected chi connectivity index (χ2v) is 4.10. The third kappa shape index (κ3) is 3.33. The van der Waals surface area contributed by atoms with E-state index in [-0.39, 0.29) is 16.9 Å². The molecule has 0 heterocycles. The van der Waals surface area contributed by atoms with Crippen LogP contribution in [0.5, 0.6) is 5.75 Å². The number of rotatable bonds is 4. The van der Waals surface area contributed by atoms with Crippen molar-refractivity contribution in [3.63, 3.8) is 0 Å². The number of methoxy groups -OCH3 is 1. The fourth-order valence-corrected chi connectivity index (χ4v) is 1.69. The summed E-state index contributed by atoms with van der Waals surface area (Å²) in [5.74, 6) is -0.730. The highest BCUT2D eigenvalue weighted by Crippen LogP contribution is 2.29. The number of carbonyl (C=O) groups excluding carboxylic acids is 1. The van der Waals surface area contributed by atoms with Crippen molar-refractivity contribution in [3.05, 3.63) is 64.0 Å². The molecule has 2 aromatic carbocycles. The molecule has 21 heavy (non-hydrogen) atoms. The van der Waals surface area contributed by atoms with E-state index in [9.17, 15) is 19.3 Å². The number of nitro groups is 1. The van der Waals surface area contributed by atoms with E-state index in [2.05, 4.69) is 5.32 Å². The first-order valence-corrected chi connectivity index (χ1v) is 5.90. The van der Waals surface area contributed by atoms with Crippen molar-refractivity contribution in [2.24, 2.45) is 0 Å². The molecule has 0 unspecified atom stereocenters. The summed E-state index contributed by atoms with van der Waals surface area (Å²) < 4.78 is 17.7. The molecule has 0 aromatic heterocycles. The highest BCUT2D eigenvalue weighted by atomic mass is 19.1. The predicted octanol–water partition coefficient (Wildman–Crippen LogP) is 2.99. The van der Waals surface area contributed by atoms with E-state index >= 15 is 0 Å². The molecule has 0 atom stereocenters. The minimum atomic E-state index is -0.622. The van der Waals surface area contributed by atoms with Crippen LogP contribution in [-0.4, -0.2) is 17.9 Å². The molecule has 0 spiro atoms. The number of anilines is 1. The lowest BCUT2D eigenvalue weighted by Crippen LogP contribution is -2.13. The molecule has 0 saturated heterocycles. The van der Waals surface area contributed by atoms with Gasteiger partial charge in [0.25, 0.3) is 11.6 Å². The van der Waals surface area contributed by atoms with E-state index in [1.165, 1.54) is 37.4 Å². The van der Waals surface area contributed by atoms with Crippen LogP contribution in [0, 0.1) is 15.9 Å². The third-order valence-corrected chi connectivity index (χ3v) is 2.76. The van der Waals surface area contributed by atoms with E-state index in [1.54, 1.807) is 0 Å². The summed E-state index contributed by atoms with van der Waals surface area (Å²) >= 11 is 0. The number of halogens is 1. The monoisotopic (exact) mass is 290 g/mol. The fourth-order valence-electron chi connectivity index (χ4n) is 1.69. The molecular formula is C14H11FN2O4. The number of benzene rings is 2. The molecule has 0 saturated carbocycles. The molecule has 2 aromatic rings. The Balaban J connectivity index is 2.28. The molecule has 0 aliphatic heterocycles. The van der Waals surface area contributed by atoms with E-state index in [0.717, 1.165) is 12.1 Å². The smallest absolute Gasteiger partial charge is 0.296 e. The van der Waals surface area contributed by atoms with Gasteiger partial charge in [-0.1, -0.05) is 0 Å². The zero-order valence-corrected chi connectivity index (χ0v) is 11.0. The summed E-state index contributed by atoms with van der Waals surface area (Å²) in [5.41, 5.74) is -0.0542. The molecule has 7 heteroatoms. The van der Waals surface area contributed by atoms with Gasteiger partial charge in [-0.05, 0) is 36.4 Å². The van der Waals surface area contributed by atoms with E-state index in [0.29, 0.717) is 5.75 Å². The average molecular weight is 290 g/mol. The van der Waals surface area contributed by atoms with Crippen LogP contribution in [0.4, 0.5) is 15.8 Å². The first kappa shape index (κ1) is 14.4. The predicted molar refractivity (Wildman–Crippen MR) is 74.0 cm³/mol. The Kier molecular flexibility index (Phi) is 4.13. The van der Waals surface area contributed by atoms with Gasteiger partial charge in [0.1, 0.15) is 17.3 Å². The van der Waals surface area contributed by atoms with Gasteiger partial charge in [0.15, 0.2) is 0 Å². The van der Waals surface area contributed by atoms with Gasteiger partial charge in [-0.25, -0.2) is 4.39 Å². The van der Waals surface area contributed by atoms with Crippen LogP contribution in [0.2, 0.25) is 0 Å². The van der Waals surface area contributed by atoms with Gasteiger partial charge in [0.05, 0.1) is 18.1 Å². The van der Waals surface area contributed by atoms with E-state index in [1.807, 2.05) is 0 Å². The Morgan fingerprint density at radius 2 is 1.90 bits per heavy atom. The fraction of sp³-hybridized carbons (Fsp3) is 0.0714. The van der Waals surface area contributed by atoms with Gasteiger partial charge in [-0.15, -0.1) is 0 Å². The Morgan fingerprint density at radius 1 is 1.24 bits per heavy atom. The van der Waals surface area contributed by atoms with Crippen LogP contribution in [0.15, 0.2) is 42.5 Å². The van der Waals surface area contributed by atoms with E-state index in [4.69, 9.17) is 4.74 Å². The molecule has 0 bridgehead atoms. The number of nitro benzene ring substituents is 1. The Morgan fingerprint density at radius 3 is 2.48 bits per heavy atom. The van der Waals surface area contributed by atoms with Crippen molar-refractivity contribution in [1.82, 2.24) is 0 Å². The molecule has 108 valence electrons. The van der Waals surface area contributed by atoms with Crippen LogP contribution < -0.4 is 10.1 Å². The summed E-state index contributed by atoms with van der Waals surface area (Å²) in [4.78, 5) is 22.3. The Hall–Kier alpha value is -2.96. The summed E-state index contributed by atoms with van der Waals surface area (Å²) in [5, 5.41) is 13.4. The van der Waals surface area contributed by atoms with E-state index < -0.39 is 16.6 Å². The number of nitrogens with one attached hydrogen (secondary N) is 1. The summed E-state index contributed by atoms with van der Waals surface area (Å²) in [7, 11) is 1.38. The quantitative estimate of drug-likeness (QED) is 0.693. The van der Waals surface area contributed by atoms with Gasteiger partial charge < -0.3 is 10.1 Å². The lowest BCUT2D eigenvalue weighted by atomic mass is 10.2. The van der Waals surface area contributed by atoms with Crippen molar-refractivity contribution in [3.8, 4) is 5.75 Å². The van der Waals surface area contributed by atoms with Gasteiger partial charge in [-0.2, -0.15) is 0 Å². The lowest BCUT2D eigenvalue weighted by Gasteiger charge is -2.07. The van der Waals surface area contributed by atoms with Crippen molar-refractivity contribution >= 4 is 17.3 Å². The van der Waals surface area contributed by atoms with Crippen LogP contribution in [0.3, 0.4) is 0 Å². The zero-order chi connectivity index (χ0) is 15.4.